The molecule has 6 nitrogen and oxygen atoms in total. The van der Waals surface area contributed by atoms with Crippen LogP contribution in [0.3, 0.4) is 0 Å². The van der Waals surface area contributed by atoms with Crippen molar-refractivity contribution in [3.63, 3.8) is 0 Å². The molecule has 0 aliphatic heterocycles. The first-order valence-electron chi connectivity index (χ1n) is 6.88. The number of carbonyl (C=O) groups excluding carboxylic acids is 1. The first-order valence-corrected chi connectivity index (χ1v) is 6.88. The number of anilines is 2. The van der Waals surface area contributed by atoms with Gasteiger partial charge in [-0.05, 0) is 39.0 Å². The molecule has 1 amide bonds. The molecule has 0 fully saturated rings. The zero-order chi connectivity index (χ0) is 15.5. The van der Waals surface area contributed by atoms with Gasteiger partial charge in [0, 0.05) is 18.3 Å². The second kappa shape index (κ2) is 5.95. The molecule has 0 aliphatic rings. The lowest BCUT2D eigenvalue weighted by molar-refractivity contribution is -0.114. The van der Waals surface area contributed by atoms with Gasteiger partial charge in [0.1, 0.15) is 5.69 Å². The number of hydrogen-bond acceptors (Lipinski definition) is 4. The minimum absolute atomic E-state index is 0.0728. The van der Waals surface area contributed by atoms with Crippen molar-refractivity contribution < 1.29 is 4.79 Å². The lowest BCUT2D eigenvalue weighted by atomic mass is 10.1. The van der Waals surface area contributed by atoms with Gasteiger partial charge < -0.3 is 10.6 Å². The zero-order valence-electron chi connectivity index (χ0n) is 12.8. The lowest BCUT2D eigenvalue weighted by Crippen LogP contribution is -2.22. The highest BCUT2D eigenvalue weighted by atomic mass is 16.1. The summed E-state index contributed by atoms with van der Waals surface area (Å²) in [6.45, 7) is 8.31. The van der Waals surface area contributed by atoms with Crippen LogP contribution >= 0.6 is 0 Å². The van der Waals surface area contributed by atoms with E-state index in [1.807, 2.05) is 35.1 Å². The van der Waals surface area contributed by atoms with Crippen LogP contribution in [0.2, 0.25) is 0 Å². The Balaban J connectivity index is 2.00. The van der Waals surface area contributed by atoms with Gasteiger partial charge in [0.05, 0.1) is 18.3 Å². The van der Waals surface area contributed by atoms with Crippen molar-refractivity contribution >= 4 is 17.3 Å². The molecule has 0 unspecified atom stereocenters. The van der Waals surface area contributed by atoms with Gasteiger partial charge in [-0.2, -0.15) is 0 Å². The first kappa shape index (κ1) is 15.0. The van der Waals surface area contributed by atoms with Gasteiger partial charge in [-0.1, -0.05) is 11.3 Å². The van der Waals surface area contributed by atoms with Crippen LogP contribution < -0.4 is 10.6 Å². The SMILES string of the molecule is CC(=O)Nc1cccc(NCc2cn(C(C)(C)C)nn2)c1. The van der Waals surface area contributed by atoms with E-state index in [1.165, 1.54) is 6.92 Å². The molecule has 112 valence electrons. The Labute approximate surface area is 124 Å². The monoisotopic (exact) mass is 287 g/mol. The van der Waals surface area contributed by atoms with Gasteiger partial charge in [0.25, 0.3) is 0 Å². The third-order valence-electron chi connectivity index (χ3n) is 2.88. The second-order valence-corrected chi connectivity index (χ2v) is 5.94. The van der Waals surface area contributed by atoms with Gasteiger partial charge in [-0.25, -0.2) is 4.68 Å². The maximum atomic E-state index is 11.0. The van der Waals surface area contributed by atoms with Gasteiger partial charge in [0.2, 0.25) is 5.91 Å². The van der Waals surface area contributed by atoms with E-state index in [4.69, 9.17) is 0 Å². The number of aromatic nitrogens is 3. The summed E-state index contributed by atoms with van der Waals surface area (Å²) in [7, 11) is 0. The van der Waals surface area contributed by atoms with Crippen LogP contribution in [0.25, 0.3) is 0 Å². The zero-order valence-corrected chi connectivity index (χ0v) is 12.8. The summed E-state index contributed by atoms with van der Waals surface area (Å²) in [4.78, 5) is 11.0. The van der Waals surface area contributed by atoms with Crippen LogP contribution in [0.1, 0.15) is 33.4 Å². The largest absolute Gasteiger partial charge is 0.379 e. The van der Waals surface area contributed by atoms with Crippen LogP contribution in [0.5, 0.6) is 0 Å². The molecule has 21 heavy (non-hydrogen) atoms. The van der Waals surface area contributed by atoms with Gasteiger partial charge in [-0.3, -0.25) is 4.79 Å². The Hall–Kier alpha value is -2.37. The maximum Gasteiger partial charge on any atom is 0.221 e. The molecule has 0 saturated carbocycles. The van der Waals surface area contributed by atoms with E-state index in [0.29, 0.717) is 6.54 Å². The Kier molecular flexibility index (Phi) is 4.26. The summed E-state index contributed by atoms with van der Waals surface area (Å²) in [6.07, 6.45) is 1.94. The predicted octanol–water partition coefficient (Wildman–Crippen LogP) is 2.60. The summed E-state index contributed by atoms with van der Waals surface area (Å²) in [5.74, 6) is -0.0831. The minimum Gasteiger partial charge on any atom is -0.379 e. The second-order valence-electron chi connectivity index (χ2n) is 5.94. The van der Waals surface area contributed by atoms with Crippen molar-refractivity contribution in [2.45, 2.75) is 39.8 Å². The third-order valence-corrected chi connectivity index (χ3v) is 2.88. The molecule has 0 aliphatic carbocycles. The number of rotatable bonds is 4. The van der Waals surface area contributed by atoms with Crippen molar-refractivity contribution in [1.82, 2.24) is 15.0 Å². The Morgan fingerprint density at radius 2 is 2.00 bits per heavy atom. The van der Waals surface area contributed by atoms with E-state index >= 15 is 0 Å². The van der Waals surface area contributed by atoms with Crippen molar-refractivity contribution in [1.29, 1.82) is 0 Å². The predicted molar refractivity (Wildman–Crippen MR) is 83.1 cm³/mol. The van der Waals surface area contributed by atoms with E-state index < -0.39 is 0 Å². The van der Waals surface area contributed by atoms with Crippen molar-refractivity contribution in [2.24, 2.45) is 0 Å². The third kappa shape index (κ3) is 4.30. The number of hydrogen-bond donors (Lipinski definition) is 2. The fourth-order valence-electron chi connectivity index (χ4n) is 1.81. The highest BCUT2D eigenvalue weighted by Crippen LogP contribution is 2.16. The van der Waals surface area contributed by atoms with Crippen LogP contribution in [0.4, 0.5) is 11.4 Å². The van der Waals surface area contributed by atoms with E-state index in [0.717, 1.165) is 17.1 Å². The fourth-order valence-corrected chi connectivity index (χ4v) is 1.81. The highest BCUT2D eigenvalue weighted by molar-refractivity contribution is 5.89. The molecule has 2 aromatic rings. The number of amides is 1. The van der Waals surface area contributed by atoms with Crippen LogP contribution in [0.15, 0.2) is 30.5 Å². The van der Waals surface area contributed by atoms with Gasteiger partial charge in [-0.15, -0.1) is 5.10 Å². The average Bonchev–Trinajstić information content (AvgIpc) is 2.84. The standard InChI is InChI=1S/C15H21N5O/c1-11(21)17-13-7-5-6-12(8-13)16-9-14-10-20(19-18-14)15(2,3)4/h5-8,10,16H,9H2,1-4H3,(H,17,21). The van der Waals surface area contributed by atoms with Crippen molar-refractivity contribution in [3.8, 4) is 0 Å². The first-order chi connectivity index (χ1) is 9.84. The topological polar surface area (TPSA) is 71.8 Å². The molecule has 1 heterocycles. The molecule has 0 saturated heterocycles. The molecular weight excluding hydrogens is 266 g/mol. The van der Waals surface area contributed by atoms with E-state index in [2.05, 4.69) is 41.7 Å². The highest BCUT2D eigenvalue weighted by Gasteiger charge is 2.14. The van der Waals surface area contributed by atoms with E-state index in [9.17, 15) is 4.79 Å². The molecular formula is C15H21N5O. The summed E-state index contributed by atoms with van der Waals surface area (Å²) in [6, 6.07) is 7.57. The van der Waals surface area contributed by atoms with Crippen molar-refractivity contribution in [3.05, 3.63) is 36.2 Å². The number of carbonyl (C=O) groups is 1. The number of benzene rings is 1. The number of nitrogens with one attached hydrogen (secondary N) is 2. The Morgan fingerprint density at radius 3 is 2.62 bits per heavy atom. The lowest BCUT2D eigenvalue weighted by Gasteiger charge is -2.17. The molecule has 0 radical (unpaired) electrons. The van der Waals surface area contributed by atoms with E-state index in [-0.39, 0.29) is 11.4 Å². The summed E-state index contributed by atoms with van der Waals surface area (Å²) in [5, 5.41) is 14.3. The molecule has 1 aromatic heterocycles. The molecule has 2 rings (SSSR count). The van der Waals surface area contributed by atoms with Crippen LogP contribution in [-0.4, -0.2) is 20.9 Å². The summed E-state index contributed by atoms with van der Waals surface area (Å²) < 4.78 is 1.84. The number of nitrogens with zero attached hydrogens (tertiary/aromatic N) is 3. The molecule has 2 N–H and O–H groups in total. The molecule has 0 spiro atoms. The Morgan fingerprint density at radius 1 is 1.29 bits per heavy atom. The molecule has 0 atom stereocenters. The fraction of sp³-hybridized carbons (Fsp3) is 0.400. The van der Waals surface area contributed by atoms with Crippen LogP contribution in [0, 0.1) is 0 Å². The average molecular weight is 287 g/mol. The van der Waals surface area contributed by atoms with Gasteiger partial charge >= 0.3 is 0 Å². The molecule has 6 heteroatoms. The minimum atomic E-state index is -0.0831. The quantitative estimate of drug-likeness (QED) is 0.906. The molecule has 0 bridgehead atoms. The molecule has 1 aromatic carbocycles. The summed E-state index contributed by atoms with van der Waals surface area (Å²) >= 11 is 0. The Bertz CT molecular complexity index is 627. The maximum absolute atomic E-state index is 11.0. The van der Waals surface area contributed by atoms with Gasteiger partial charge in [0.15, 0.2) is 0 Å². The van der Waals surface area contributed by atoms with E-state index in [1.54, 1.807) is 0 Å². The van der Waals surface area contributed by atoms with Crippen LogP contribution in [-0.2, 0) is 16.9 Å². The normalized spacial score (nSPS) is 11.2. The summed E-state index contributed by atoms with van der Waals surface area (Å²) in [5.41, 5.74) is 2.49. The smallest absolute Gasteiger partial charge is 0.221 e. The van der Waals surface area contributed by atoms with Crippen molar-refractivity contribution in [2.75, 3.05) is 10.6 Å².